The minimum absolute atomic E-state index is 0.270. The Morgan fingerprint density at radius 3 is 2.76 bits per heavy atom. The van der Waals surface area contributed by atoms with Gasteiger partial charge in [0.1, 0.15) is 12.0 Å². The van der Waals surface area contributed by atoms with Crippen LogP contribution < -0.4 is 11.1 Å². The molecule has 0 spiro atoms. The topological polar surface area (TPSA) is 76.7 Å². The third-order valence-electron chi connectivity index (χ3n) is 2.29. The van der Waals surface area contributed by atoms with Crippen LogP contribution in [-0.2, 0) is 6.42 Å². The average Bonchev–Trinajstić information content (AvgIpc) is 2.36. The second-order valence-electron chi connectivity index (χ2n) is 3.46. The summed E-state index contributed by atoms with van der Waals surface area (Å²) in [4.78, 5) is 11.8. The lowest BCUT2D eigenvalue weighted by molar-refractivity contribution is 0.995. The highest BCUT2D eigenvalue weighted by atomic mass is 35.5. The normalized spacial score (nSPS) is 10.2. The molecule has 0 unspecified atom stereocenters. The molecule has 0 aliphatic carbocycles. The summed E-state index contributed by atoms with van der Waals surface area (Å²) >= 11 is 5.79. The molecule has 0 bridgehead atoms. The Labute approximate surface area is 104 Å². The molecule has 0 atom stereocenters. The molecule has 6 heteroatoms. The smallest absolute Gasteiger partial charge is 0.157 e. The van der Waals surface area contributed by atoms with Gasteiger partial charge < -0.3 is 11.1 Å². The summed E-state index contributed by atoms with van der Waals surface area (Å²) in [5.74, 6) is 0.569. The fraction of sp³-hybridized carbons (Fsp3) is 0.182. The molecule has 88 valence electrons. The van der Waals surface area contributed by atoms with E-state index >= 15 is 0 Å². The highest BCUT2D eigenvalue weighted by molar-refractivity contribution is 6.32. The van der Waals surface area contributed by atoms with Crippen molar-refractivity contribution in [1.82, 2.24) is 15.0 Å². The number of aromatic nitrogens is 3. The molecule has 17 heavy (non-hydrogen) atoms. The molecule has 2 aromatic rings. The molecule has 2 aromatic heterocycles. The van der Waals surface area contributed by atoms with Crippen LogP contribution in [-0.4, -0.2) is 21.5 Å². The van der Waals surface area contributed by atoms with Gasteiger partial charge in [-0.1, -0.05) is 11.6 Å². The van der Waals surface area contributed by atoms with Crippen molar-refractivity contribution in [3.63, 3.8) is 0 Å². The molecule has 0 amide bonds. The van der Waals surface area contributed by atoms with Crippen molar-refractivity contribution < 1.29 is 0 Å². The first kappa shape index (κ1) is 11.6. The van der Waals surface area contributed by atoms with Crippen molar-refractivity contribution in [3.8, 4) is 0 Å². The maximum absolute atomic E-state index is 5.79. The largest absolute Gasteiger partial charge is 0.393 e. The lowest BCUT2D eigenvalue weighted by Gasteiger charge is -2.08. The zero-order chi connectivity index (χ0) is 12.1. The summed E-state index contributed by atoms with van der Waals surface area (Å²) in [7, 11) is 0. The molecule has 3 N–H and O–H groups in total. The second kappa shape index (κ2) is 5.45. The number of hydrogen-bond acceptors (Lipinski definition) is 5. The first-order valence-electron chi connectivity index (χ1n) is 5.16. The van der Waals surface area contributed by atoms with Gasteiger partial charge in [0.25, 0.3) is 0 Å². The molecule has 0 saturated heterocycles. The van der Waals surface area contributed by atoms with Gasteiger partial charge in [-0.15, -0.1) is 0 Å². The standard InChI is InChI=1S/C11H12ClN5/c12-10-9(13)11(17-7-16-10)15-6-3-8-1-4-14-5-2-8/h1-2,4-5,7H,3,6,13H2,(H,15,16,17). The Balaban J connectivity index is 1.93. The number of nitrogen functional groups attached to an aromatic ring is 1. The third kappa shape index (κ3) is 3.04. The molecule has 0 aromatic carbocycles. The number of nitrogens with zero attached hydrogens (tertiary/aromatic N) is 3. The summed E-state index contributed by atoms with van der Waals surface area (Å²) in [6, 6.07) is 3.94. The van der Waals surface area contributed by atoms with Crippen molar-refractivity contribution >= 4 is 23.1 Å². The monoisotopic (exact) mass is 249 g/mol. The van der Waals surface area contributed by atoms with E-state index in [9.17, 15) is 0 Å². The van der Waals surface area contributed by atoms with Crippen LogP contribution in [0.4, 0.5) is 11.5 Å². The van der Waals surface area contributed by atoms with E-state index in [1.807, 2.05) is 12.1 Å². The van der Waals surface area contributed by atoms with Gasteiger partial charge >= 0.3 is 0 Å². The molecule has 2 heterocycles. The van der Waals surface area contributed by atoms with Crippen LogP contribution in [0.1, 0.15) is 5.56 Å². The Bertz CT molecular complexity index is 488. The van der Waals surface area contributed by atoms with Crippen molar-refractivity contribution in [1.29, 1.82) is 0 Å². The van der Waals surface area contributed by atoms with E-state index in [2.05, 4.69) is 20.3 Å². The minimum Gasteiger partial charge on any atom is -0.393 e. The van der Waals surface area contributed by atoms with E-state index in [1.54, 1.807) is 12.4 Å². The van der Waals surface area contributed by atoms with Gasteiger partial charge in [0.2, 0.25) is 0 Å². The number of nitrogens with one attached hydrogen (secondary N) is 1. The lowest BCUT2D eigenvalue weighted by atomic mass is 10.2. The zero-order valence-electron chi connectivity index (χ0n) is 9.10. The number of hydrogen-bond donors (Lipinski definition) is 2. The first-order chi connectivity index (χ1) is 8.27. The van der Waals surface area contributed by atoms with Crippen molar-refractivity contribution in [3.05, 3.63) is 41.6 Å². The maximum atomic E-state index is 5.79. The summed E-state index contributed by atoms with van der Waals surface area (Å²) in [5.41, 5.74) is 7.31. The van der Waals surface area contributed by atoms with Gasteiger partial charge in [-0.3, -0.25) is 4.98 Å². The van der Waals surface area contributed by atoms with Crippen LogP contribution in [0.5, 0.6) is 0 Å². The lowest BCUT2D eigenvalue weighted by Crippen LogP contribution is -2.09. The predicted octanol–water partition coefficient (Wildman–Crippen LogP) is 1.76. The van der Waals surface area contributed by atoms with Gasteiger partial charge in [0.05, 0.1) is 0 Å². The average molecular weight is 250 g/mol. The van der Waals surface area contributed by atoms with Crippen LogP contribution in [0.25, 0.3) is 0 Å². The van der Waals surface area contributed by atoms with E-state index < -0.39 is 0 Å². The van der Waals surface area contributed by atoms with Crippen molar-refractivity contribution in [2.24, 2.45) is 0 Å². The number of pyridine rings is 1. The van der Waals surface area contributed by atoms with Gasteiger partial charge in [-0.25, -0.2) is 9.97 Å². The van der Waals surface area contributed by atoms with E-state index in [0.29, 0.717) is 11.5 Å². The van der Waals surface area contributed by atoms with Crippen molar-refractivity contribution in [2.75, 3.05) is 17.6 Å². The van der Waals surface area contributed by atoms with Gasteiger partial charge in [-0.2, -0.15) is 0 Å². The Kier molecular flexibility index (Phi) is 3.72. The fourth-order valence-electron chi connectivity index (χ4n) is 1.39. The Hall–Kier alpha value is -1.88. The van der Waals surface area contributed by atoms with Crippen LogP contribution in [0.3, 0.4) is 0 Å². The van der Waals surface area contributed by atoms with E-state index in [-0.39, 0.29) is 5.15 Å². The number of anilines is 2. The number of nitrogens with two attached hydrogens (primary N) is 1. The molecule has 0 radical (unpaired) electrons. The molecule has 0 saturated carbocycles. The minimum atomic E-state index is 0.270. The van der Waals surface area contributed by atoms with E-state index in [0.717, 1.165) is 13.0 Å². The molecular weight excluding hydrogens is 238 g/mol. The Morgan fingerprint density at radius 1 is 1.24 bits per heavy atom. The SMILES string of the molecule is Nc1c(Cl)ncnc1NCCc1ccncc1. The Morgan fingerprint density at radius 2 is 2.00 bits per heavy atom. The van der Waals surface area contributed by atoms with Crippen LogP contribution in [0.2, 0.25) is 5.15 Å². The summed E-state index contributed by atoms with van der Waals surface area (Å²) in [6.07, 6.45) is 5.79. The van der Waals surface area contributed by atoms with Gasteiger partial charge in [0, 0.05) is 18.9 Å². The zero-order valence-corrected chi connectivity index (χ0v) is 9.85. The summed E-state index contributed by atoms with van der Waals surface area (Å²) in [6.45, 7) is 0.724. The quantitative estimate of drug-likeness (QED) is 0.808. The predicted molar refractivity (Wildman–Crippen MR) is 67.9 cm³/mol. The van der Waals surface area contributed by atoms with Crippen molar-refractivity contribution in [2.45, 2.75) is 6.42 Å². The molecule has 2 rings (SSSR count). The highest BCUT2D eigenvalue weighted by Gasteiger charge is 2.04. The fourth-order valence-corrected chi connectivity index (χ4v) is 1.52. The molecule has 0 aliphatic heterocycles. The van der Waals surface area contributed by atoms with Gasteiger partial charge in [0.15, 0.2) is 11.0 Å². The second-order valence-corrected chi connectivity index (χ2v) is 3.82. The van der Waals surface area contributed by atoms with Crippen LogP contribution in [0.15, 0.2) is 30.9 Å². The maximum Gasteiger partial charge on any atom is 0.157 e. The molecule has 5 nitrogen and oxygen atoms in total. The van der Waals surface area contributed by atoms with Gasteiger partial charge in [-0.05, 0) is 24.1 Å². The first-order valence-corrected chi connectivity index (χ1v) is 5.54. The summed E-state index contributed by atoms with van der Waals surface area (Å²) in [5, 5.41) is 3.39. The number of halogens is 1. The number of rotatable bonds is 4. The molecular formula is C11H12ClN5. The summed E-state index contributed by atoms with van der Waals surface area (Å²) < 4.78 is 0. The van der Waals surface area contributed by atoms with Crippen LogP contribution in [0, 0.1) is 0 Å². The van der Waals surface area contributed by atoms with E-state index in [4.69, 9.17) is 17.3 Å². The van der Waals surface area contributed by atoms with E-state index in [1.165, 1.54) is 11.9 Å². The molecule has 0 fully saturated rings. The highest BCUT2D eigenvalue weighted by Crippen LogP contribution is 2.21. The molecule has 0 aliphatic rings. The van der Waals surface area contributed by atoms with Crippen LogP contribution >= 0.6 is 11.6 Å². The third-order valence-corrected chi connectivity index (χ3v) is 2.59.